The molecule has 52 heavy (non-hydrogen) atoms. The number of rotatable bonds is 13. The molecule has 1 aliphatic carbocycles. The van der Waals surface area contributed by atoms with Crippen molar-refractivity contribution in [3.05, 3.63) is 84.7 Å². The molecular weight excluding hydrogens is 779 g/mol. The molecule has 0 radical (unpaired) electrons. The van der Waals surface area contributed by atoms with Gasteiger partial charge in [-0.1, -0.05) is 66.8 Å². The quantitative estimate of drug-likeness (QED) is 0.109. The molecule has 1 saturated carbocycles. The van der Waals surface area contributed by atoms with E-state index in [1.807, 2.05) is 91.0 Å². The number of pyridine rings is 2. The van der Waals surface area contributed by atoms with Gasteiger partial charge in [0.25, 0.3) is 5.91 Å². The van der Waals surface area contributed by atoms with Crippen molar-refractivity contribution >= 4 is 57.3 Å². The van der Waals surface area contributed by atoms with Crippen LogP contribution in [0.1, 0.15) is 43.5 Å². The lowest BCUT2D eigenvalue weighted by atomic mass is 10.0. The largest absolute Gasteiger partial charge is 0.497 e. The maximum Gasteiger partial charge on any atom is 0.330 e. The second-order valence-electron chi connectivity index (χ2n) is 13.6. The first-order chi connectivity index (χ1) is 25.0. The first-order valence-electron chi connectivity index (χ1n) is 17.1. The predicted molar refractivity (Wildman–Crippen MR) is 203 cm³/mol. The van der Waals surface area contributed by atoms with Gasteiger partial charge in [-0.15, -0.1) is 0 Å². The van der Waals surface area contributed by atoms with Crippen LogP contribution in [0.15, 0.2) is 79.1 Å². The van der Waals surface area contributed by atoms with E-state index in [-0.39, 0.29) is 41.7 Å². The summed E-state index contributed by atoms with van der Waals surface area (Å²) in [7, 11) is 1.58. The fourth-order valence-electron chi connectivity index (χ4n) is 6.46. The van der Waals surface area contributed by atoms with E-state index in [2.05, 4.69) is 20.9 Å². The molecule has 3 heterocycles. The zero-order valence-electron chi connectivity index (χ0n) is 29.0. The lowest BCUT2D eigenvalue weighted by Crippen LogP contribution is -2.56. The standard InChI is InChI=1S/C38H41IN6O7/c1-22(2)14-25(20-41-34(46)24-10-7-13-40-19-24)42-37(50)45-21-27(16-31(45)35(47)44-38(36(48)49)18-33(38)39)52-32-17-29(23-8-5-4-6-9-23)43-30-15-26(51-3)11-12-28(30)32/h4-13,15,17,19,22,25,27,31,33H,14,16,18,20-21H2,1-3H3,(H,41,46)(H,42,50)(H,44,47)(H,48,49)/t25-,27+,31-,33+,38+/m0/s1. The van der Waals surface area contributed by atoms with E-state index in [0.29, 0.717) is 34.7 Å². The molecule has 0 spiro atoms. The first kappa shape index (κ1) is 36.8. The normalized spacial score (nSPS) is 21.3. The molecule has 4 amide bonds. The summed E-state index contributed by atoms with van der Waals surface area (Å²) in [5.41, 5.74) is 1.21. The number of amides is 4. The molecule has 272 valence electrons. The molecule has 13 nitrogen and oxygen atoms in total. The smallest absolute Gasteiger partial charge is 0.330 e. The van der Waals surface area contributed by atoms with Gasteiger partial charge in [0.1, 0.15) is 23.6 Å². The lowest BCUT2D eigenvalue weighted by molar-refractivity contribution is -0.143. The number of likely N-dealkylation sites (tertiary alicyclic amines) is 1. The molecule has 4 aromatic rings. The Hall–Kier alpha value is -4.99. The predicted octanol–water partition coefficient (Wildman–Crippen LogP) is 4.83. The van der Waals surface area contributed by atoms with Crippen LogP contribution < -0.4 is 25.4 Å². The van der Waals surface area contributed by atoms with Crippen molar-refractivity contribution in [3.63, 3.8) is 0 Å². The highest BCUT2D eigenvalue weighted by Crippen LogP contribution is 2.44. The number of halogens is 1. The highest BCUT2D eigenvalue weighted by molar-refractivity contribution is 14.1. The third-order valence-electron chi connectivity index (χ3n) is 9.29. The van der Waals surface area contributed by atoms with Gasteiger partial charge in [0.05, 0.1) is 30.4 Å². The maximum absolute atomic E-state index is 14.1. The molecule has 1 saturated heterocycles. The van der Waals surface area contributed by atoms with Crippen molar-refractivity contribution in [2.75, 3.05) is 20.2 Å². The van der Waals surface area contributed by atoms with Crippen molar-refractivity contribution in [3.8, 4) is 22.8 Å². The number of carboxylic acid groups (broad SMARTS) is 1. The van der Waals surface area contributed by atoms with Crippen LogP contribution in [0.25, 0.3) is 22.2 Å². The number of fused-ring (bicyclic) bond motifs is 1. The Morgan fingerprint density at radius 1 is 1.08 bits per heavy atom. The number of urea groups is 1. The number of carbonyl (C=O) groups excluding carboxylic acids is 3. The molecule has 14 heteroatoms. The van der Waals surface area contributed by atoms with Crippen LogP contribution in [-0.4, -0.2) is 91.6 Å². The van der Waals surface area contributed by atoms with E-state index in [9.17, 15) is 24.3 Å². The topological polar surface area (TPSA) is 172 Å². The molecule has 0 bridgehead atoms. The van der Waals surface area contributed by atoms with Crippen LogP contribution >= 0.6 is 22.6 Å². The van der Waals surface area contributed by atoms with Gasteiger partial charge in [0.2, 0.25) is 5.91 Å². The van der Waals surface area contributed by atoms with Gasteiger partial charge in [-0.3, -0.25) is 14.6 Å². The van der Waals surface area contributed by atoms with Gasteiger partial charge in [0, 0.05) is 58.4 Å². The monoisotopic (exact) mass is 820 g/mol. The zero-order valence-corrected chi connectivity index (χ0v) is 31.2. The van der Waals surface area contributed by atoms with E-state index >= 15 is 0 Å². The number of nitrogens with zero attached hydrogens (tertiary/aromatic N) is 3. The fraction of sp³-hybridized carbons (Fsp3) is 0.368. The van der Waals surface area contributed by atoms with E-state index < -0.39 is 41.6 Å². The minimum absolute atomic E-state index is 0.0503. The van der Waals surface area contributed by atoms with Crippen molar-refractivity contribution < 1.29 is 33.8 Å². The van der Waals surface area contributed by atoms with Crippen molar-refractivity contribution in [2.45, 2.75) is 60.8 Å². The summed E-state index contributed by atoms with van der Waals surface area (Å²) in [5, 5.41) is 19.3. The Balaban J connectivity index is 1.26. The molecule has 1 aliphatic heterocycles. The Morgan fingerprint density at radius 3 is 2.50 bits per heavy atom. The first-order valence-corrected chi connectivity index (χ1v) is 18.4. The molecule has 2 aromatic heterocycles. The van der Waals surface area contributed by atoms with Gasteiger partial charge in [-0.2, -0.15) is 0 Å². The van der Waals surface area contributed by atoms with Crippen molar-refractivity contribution in [1.82, 2.24) is 30.8 Å². The summed E-state index contributed by atoms with van der Waals surface area (Å²) in [6.07, 6.45) is 3.38. The molecular formula is C38H41IN6O7. The number of carbonyl (C=O) groups is 4. The van der Waals surface area contributed by atoms with Crippen molar-refractivity contribution in [1.29, 1.82) is 0 Å². The molecule has 2 fully saturated rings. The number of alkyl halides is 1. The number of methoxy groups -OCH3 is 1. The number of carboxylic acids is 1. The Bertz CT molecular complexity index is 1950. The Labute approximate surface area is 315 Å². The van der Waals surface area contributed by atoms with Gasteiger partial charge in [0.15, 0.2) is 5.54 Å². The summed E-state index contributed by atoms with van der Waals surface area (Å²) in [4.78, 5) is 63.2. The van der Waals surface area contributed by atoms with Crippen molar-refractivity contribution in [2.24, 2.45) is 5.92 Å². The van der Waals surface area contributed by atoms with Crippen LogP contribution in [0.5, 0.6) is 11.5 Å². The van der Waals surface area contributed by atoms with Gasteiger partial charge >= 0.3 is 12.0 Å². The van der Waals surface area contributed by atoms with E-state index in [4.69, 9.17) is 14.5 Å². The summed E-state index contributed by atoms with van der Waals surface area (Å²) in [5.74, 6) is -0.678. The molecule has 5 atom stereocenters. The average Bonchev–Trinajstić information content (AvgIpc) is 3.60. The summed E-state index contributed by atoms with van der Waals surface area (Å²) in [6.45, 7) is 4.22. The van der Waals surface area contributed by atoms with E-state index in [1.165, 1.54) is 11.1 Å². The highest BCUT2D eigenvalue weighted by Gasteiger charge is 2.61. The Morgan fingerprint density at radius 2 is 1.85 bits per heavy atom. The fourth-order valence-corrected chi connectivity index (χ4v) is 7.58. The third kappa shape index (κ3) is 8.22. The Kier molecular flexibility index (Phi) is 11.1. The molecule has 6 rings (SSSR count). The SMILES string of the molecule is COc1ccc2c(O[C@@H]3C[C@@H](C(=O)N[C@]4(C(=O)O)C[C@H]4I)N(C(=O)N[C@H](CNC(=O)c4cccnc4)CC(C)C)C3)cc(-c3ccccc3)nc2c1. The molecule has 2 aromatic carbocycles. The molecule has 0 unspecified atom stereocenters. The zero-order chi connectivity index (χ0) is 37.0. The van der Waals surface area contributed by atoms with Crippen LogP contribution in [-0.2, 0) is 9.59 Å². The second-order valence-corrected chi connectivity index (χ2v) is 15.1. The molecule has 2 aliphatic rings. The van der Waals surface area contributed by atoms with Gasteiger partial charge in [-0.25, -0.2) is 14.6 Å². The average molecular weight is 821 g/mol. The highest BCUT2D eigenvalue weighted by atomic mass is 127. The number of aliphatic carboxylic acids is 1. The lowest BCUT2D eigenvalue weighted by Gasteiger charge is -2.28. The van der Waals surface area contributed by atoms with Gasteiger partial charge in [-0.05, 0) is 43.0 Å². The number of hydrogen-bond donors (Lipinski definition) is 4. The van der Waals surface area contributed by atoms with Crippen LogP contribution in [0, 0.1) is 5.92 Å². The van der Waals surface area contributed by atoms with Crippen LogP contribution in [0.3, 0.4) is 0 Å². The van der Waals surface area contributed by atoms with Crippen LogP contribution in [0.2, 0.25) is 0 Å². The second kappa shape index (κ2) is 15.7. The summed E-state index contributed by atoms with van der Waals surface area (Å²) < 4.78 is 11.8. The number of ether oxygens (including phenoxy) is 2. The third-order valence-corrected chi connectivity index (χ3v) is 10.8. The summed E-state index contributed by atoms with van der Waals surface area (Å²) in [6, 6.07) is 18.3. The number of aromatic nitrogens is 2. The number of benzene rings is 2. The number of hydrogen-bond acceptors (Lipinski definition) is 8. The summed E-state index contributed by atoms with van der Waals surface area (Å²) >= 11 is 2.02. The maximum atomic E-state index is 14.1. The minimum atomic E-state index is -1.39. The van der Waals surface area contributed by atoms with E-state index in [0.717, 1.165) is 10.9 Å². The number of nitrogens with one attached hydrogen (secondary N) is 3. The minimum Gasteiger partial charge on any atom is -0.497 e. The molecule has 4 N–H and O–H groups in total. The van der Waals surface area contributed by atoms with Gasteiger partial charge < -0.3 is 35.4 Å². The van der Waals surface area contributed by atoms with E-state index in [1.54, 1.807) is 25.4 Å². The van der Waals surface area contributed by atoms with Crippen LogP contribution in [0.4, 0.5) is 4.79 Å².